The van der Waals surface area contributed by atoms with Gasteiger partial charge >= 0.3 is 0 Å². The molecule has 0 aliphatic rings. The van der Waals surface area contributed by atoms with E-state index in [1.165, 1.54) is 11.5 Å². The third-order valence-electron chi connectivity index (χ3n) is 2.04. The van der Waals surface area contributed by atoms with Crippen LogP contribution in [-0.4, -0.2) is 14.2 Å². The summed E-state index contributed by atoms with van der Waals surface area (Å²) in [4.78, 5) is 4.97. The number of hydrogen-bond acceptors (Lipinski definition) is 3. The molecule has 1 aromatic heterocycles. The van der Waals surface area contributed by atoms with Crippen molar-refractivity contribution < 1.29 is 0 Å². The molecular weight excluding hydrogens is 248 g/mol. The van der Waals surface area contributed by atoms with Gasteiger partial charge in [-0.2, -0.15) is 4.37 Å². The minimum absolute atomic E-state index is 0.461. The highest BCUT2D eigenvalue weighted by Gasteiger charge is 2.15. The Kier molecular flexibility index (Phi) is 4.32. The van der Waals surface area contributed by atoms with E-state index in [-0.39, 0.29) is 0 Å². The van der Waals surface area contributed by atoms with Gasteiger partial charge in [0.2, 0.25) is 0 Å². The molecule has 2 atom stereocenters. The van der Waals surface area contributed by atoms with Gasteiger partial charge in [-0.05, 0) is 18.0 Å². The minimum atomic E-state index is 0.461. The third-order valence-corrected chi connectivity index (χ3v) is 3.78. The third kappa shape index (κ3) is 3.02. The van der Waals surface area contributed by atoms with E-state index in [4.69, 9.17) is 0 Å². The van der Waals surface area contributed by atoms with E-state index < -0.39 is 0 Å². The maximum Gasteiger partial charge on any atom is 0.142 e. The molecule has 0 aliphatic heterocycles. The van der Waals surface area contributed by atoms with Gasteiger partial charge in [-0.25, -0.2) is 4.98 Å². The zero-order valence-corrected chi connectivity index (χ0v) is 10.7. The van der Waals surface area contributed by atoms with Gasteiger partial charge in [0.1, 0.15) is 10.8 Å². The normalized spacial score (nSPS) is 15.7. The summed E-state index contributed by atoms with van der Waals surface area (Å²) < 4.78 is 4.32. The fraction of sp³-hybridized carbons (Fsp3) is 0.778. The smallest absolute Gasteiger partial charge is 0.142 e. The highest BCUT2D eigenvalue weighted by molar-refractivity contribution is 9.09. The van der Waals surface area contributed by atoms with E-state index in [1.54, 1.807) is 0 Å². The number of aryl methyl sites for hydroxylation is 1. The Hall–Kier alpha value is 0.0400. The summed E-state index contributed by atoms with van der Waals surface area (Å²) in [5.41, 5.74) is 0. The van der Waals surface area contributed by atoms with Crippen LogP contribution >= 0.6 is 27.5 Å². The van der Waals surface area contributed by atoms with E-state index >= 15 is 0 Å². The van der Waals surface area contributed by atoms with Crippen molar-refractivity contribution in [2.75, 3.05) is 0 Å². The number of nitrogens with zero attached hydrogens (tertiary/aromatic N) is 2. The molecule has 1 heterocycles. The summed E-state index contributed by atoms with van der Waals surface area (Å²) in [6, 6.07) is 0. The van der Waals surface area contributed by atoms with Crippen LogP contribution < -0.4 is 0 Å². The van der Waals surface area contributed by atoms with E-state index in [0.717, 1.165) is 23.7 Å². The maximum atomic E-state index is 4.50. The largest absolute Gasteiger partial charge is 0.224 e. The lowest BCUT2D eigenvalue weighted by atomic mass is 10.1. The van der Waals surface area contributed by atoms with Crippen molar-refractivity contribution in [3.63, 3.8) is 0 Å². The van der Waals surface area contributed by atoms with E-state index in [2.05, 4.69) is 46.1 Å². The first-order valence-electron chi connectivity index (χ1n) is 4.61. The summed E-state index contributed by atoms with van der Waals surface area (Å²) in [6.07, 6.45) is 2.12. The zero-order valence-electron chi connectivity index (χ0n) is 8.25. The molecular formula is C9H15BrN2S. The SMILES string of the molecule is CCCc1nsc(C(C)C(C)Br)n1. The van der Waals surface area contributed by atoms with Crippen LogP contribution in [0.5, 0.6) is 0 Å². The molecule has 4 heteroatoms. The molecule has 0 bridgehead atoms. The van der Waals surface area contributed by atoms with Gasteiger partial charge in [0.05, 0.1) is 0 Å². The van der Waals surface area contributed by atoms with Crippen molar-refractivity contribution in [3.05, 3.63) is 10.8 Å². The van der Waals surface area contributed by atoms with Gasteiger partial charge < -0.3 is 0 Å². The first-order chi connectivity index (χ1) is 6.15. The second-order valence-corrected chi connectivity index (χ2v) is 5.49. The average molecular weight is 263 g/mol. The predicted molar refractivity (Wildman–Crippen MR) is 60.7 cm³/mol. The van der Waals surface area contributed by atoms with E-state index in [0.29, 0.717) is 10.7 Å². The van der Waals surface area contributed by atoms with Gasteiger partial charge in [0, 0.05) is 17.2 Å². The Balaban J connectivity index is 2.67. The first kappa shape index (κ1) is 11.1. The molecule has 0 aliphatic carbocycles. The highest BCUT2D eigenvalue weighted by atomic mass is 79.9. The zero-order chi connectivity index (χ0) is 9.84. The maximum absolute atomic E-state index is 4.50. The number of aromatic nitrogens is 2. The van der Waals surface area contributed by atoms with Gasteiger partial charge in [-0.1, -0.05) is 36.7 Å². The fourth-order valence-corrected chi connectivity index (χ4v) is 2.25. The van der Waals surface area contributed by atoms with Gasteiger partial charge in [-0.15, -0.1) is 0 Å². The minimum Gasteiger partial charge on any atom is -0.224 e. The van der Waals surface area contributed by atoms with Crippen LogP contribution in [0.1, 0.15) is 43.9 Å². The average Bonchev–Trinajstić information content (AvgIpc) is 2.52. The second-order valence-electron chi connectivity index (χ2n) is 3.27. The molecule has 1 aromatic rings. The van der Waals surface area contributed by atoms with Crippen LogP contribution in [0, 0.1) is 0 Å². The van der Waals surface area contributed by atoms with Crippen LogP contribution in [0.2, 0.25) is 0 Å². The molecule has 0 N–H and O–H groups in total. The van der Waals surface area contributed by atoms with Crippen LogP contribution in [-0.2, 0) is 6.42 Å². The Morgan fingerprint density at radius 1 is 1.46 bits per heavy atom. The predicted octanol–water partition coefficient (Wildman–Crippen LogP) is 3.38. The molecule has 0 saturated heterocycles. The monoisotopic (exact) mass is 262 g/mol. The molecule has 2 unspecified atom stereocenters. The molecule has 0 spiro atoms. The molecule has 1 rings (SSSR count). The lowest BCUT2D eigenvalue weighted by Gasteiger charge is -2.08. The molecule has 0 radical (unpaired) electrons. The number of halogens is 1. The Morgan fingerprint density at radius 2 is 2.15 bits per heavy atom. The second kappa shape index (κ2) is 5.05. The summed E-state index contributed by atoms with van der Waals surface area (Å²) in [6.45, 7) is 6.47. The van der Waals surface area contributed by atoms with Crippen LogP contribution in [0.15, 0.2) is 0 Å². The Bertz CT molecular complexity index is 260. The van der Waals surface area contributed by atoms with E-state index in [9.17, 15) is 0 Å². The van der Waals surface area contributed by atoms with Crippen LogP contribution in [0.3, 0.4) is 0 Å². The Labute approximate surface area is 92.1 Å². The standard InChI is InChI=1S/C9H15BrN2S/c1-4-5-8-11-9(13-12-8)6(2)7(3)10/h6-7H,4-5H2,1-3H3. The van der Waals surface area contributed by atoms with Crippen molar-refractivity contribution in [2.45, 2.75) is 44.4 Å². The van der Waals surface area contributed by atoms with Crippen molar-refractivity contribution in [1.29, 1.82) is 0 Å². The molecule has 2 nitrogen and oxygen atoms in total. The highest BCUT2D eigenvalue weighted by Crippen LogP contribution is 2.25. The van der Waals surface area contributed by atoms with Gasteiger partial charge in [-0.3, -0.25) is 0 Å². The molecule has 0 fully saturated rings. The Morgan fingerprint density at radius 3 is 2.69 bits per heavy atom. The molecule has 13 heavy (non-hydrogen) atoms. The van der Waals surface area contributed by atoms with Gasteiger partial charge in [0.25, 0.3) is 0 Å². The summed E-state index contributed by atoms with van der Waals surface area (Å²) in [5, 5.41) is 1.15. The summed E-state index contributed by atoms with van der Waals surface area (Å²) in [5.74, 6) is 1.46. The fourth-order valence-electron chi connectivity index (χ4n) is 0.974. The van der Waals surface area contributed by atoms with Gasteiger partial charge in [0.15, 0.2) is 0 Å². The summed E-state index contributed by atoms with van der Waals surface area (Å²) >= 11 is 5.10. The van der Waals surface area contributed by atoms with Crippen molar-refractivity contribution >= 4 is 27.5 Å². The number of hydrogen-bond donors (Lipinski definition) is 0. The van der Waals surface area contributed by atoms with Crippen LogP contribution in [0.4, 0.5) is 0 Å². The van der Waals surface area contributed by atoms with Crippen molar-refractivity contribution in [1.82, 2.24) is 9.36 Å². The number of alkyl halides is 1. The van der Waals surface area contributed by atoms with Crippen LogP contribution in [0.25, 0.3) is 0 Å². The molecule has 0 saturated carbocycles. The first-order valence-corrected chi connectivity index (χ1v) is 6.30. The number of rotatable bonds is 4. The molecule has 74 valence electrons. The van der Waals surface area contributed by atoms with Crippen molar-refractivity contribution in [2.24, 2.45) is 0 Å². The van der Waals surface area contributed by atoms with E-state index in [1.807, 2.05) is 0 Å². The molecule has 0 amide bonds. The molecule has 0 aromatic carbocycles. The van der Waals surface area contributed by atoms with Crippen molar-refractivity contribution in [3.8, 4) is 0 Å². The lowest BCUT2D eigenvalue weighted by Crippen LogP contribution is -2.03. The lowest BCUT2D eigenvalue weighted by molar-refractivity contribution is 0.742. The quantitative estimate of drug-likeness (QED) is 0.778. The topological polar surface area (TPSA) is 25.8 Å². The summed E-state index contributed by atoms with van der Waals surface area (Å²) in [7, 11) is 0.